The SMILES string of the molecule is COc1ccc([N+](=O)[O-])cc1CNCC1COCCO1. The molecule has 0 bridgehead atoms. The number of nitrogens with zero attached hydrogens (tertiary/aromatic N) is 1. The number of hydrogen-bond donors (Lipinski definition) is 1. The van der Waals surface area contributed by atoms with Crippen molar-refractivity contribution in [1.29, 1.82) is 0 Å². The summed E-state index contributed by atoms with van der Waals surface area (Å²) in [6, 6.07) is 4.56. The Bertz CT molecular complexity index is 460. The van der Waals surface area contributed by atoms with Gasteiger partial charge in [0.1, 0.15) is 5.75 Å². The number of nitro groups is 1. The molecule has 1 aliphatic rings. The number of nitro benzene ring substituents is 1. The molecule has 7 heteroatoms. The maximum absolute atomic E-state index is 10.8. The maximum atomic E-state index is 10.8. The van der Waals surface area contributed by atoms with Gasteiger partial charge < -0.3 is 19.5 Å². The van der Waals surface area contributed by atoms with Gasteiger partial charge in [-0.15, -0.1) is 0 Å². The summed E-state index contributed by atoms with van der Waals surface area (Å²) in [7, 11) is 1.54. The number of ether oxygens (including phenoxy) is 3. The smallest absolute Gasteiger partial charge is 0.270 e. The van der Waals surface area contributed by atoms with E-state index < -0.39 is 4.92 Å². The minimum Gasteiger partial charge on any atom is -0.496 e. The van der Waals surface area contributed by atoms with E-state index in [1.54, 1.807) is 13.2 Å². The number of rotatable bonds is 6. The van der Waals surface area contributed by atoms with E-state index in [1.165, 1.54) is 12.1 Å². The summed E-state index contributed by atoms with van der Waals surface area (Å²) in [5.74, 6) is 0.629. The first-order valence-electron chi connectivity index (χ1n) is 6.42. The molecule has 1 aliphatic heterocycles. The van der Waals surface area contributed by atoms with E-state index in [0.29, 0.717) is 38.7 Å². The molecular formula is C13H18N2O5. The minimum absolute atomic E-state index is 0.0217. The third-order valence-corrected chi connectivity index (χ3v) is 3.05. The topological polar surface area (TPSA) is 82.9 Å². The standard InChI is InChI=1S/C13H18N2O5/c1-18-13-3-2-11(15(16)17)6-10(13)7-14-8-12-9-19-4-5-20-12/h2-3,6,12,14H,4-5,7-9H2,1H3. The van der Waals surface area contributed by atoms with Crippen LogP contribution >= 0.6 is 0 Å². The average molecular weight is 282 g/mol. The summed E-state index contributed by atoms with van der Waals surface area (Å²) in [4.78, 5) is 10.4. The molecule has 2 rings (SSSR count). The molecule has 1 atom stereocenters. The van der Waals surface area contributed by atoms with E-state index in [9.17, 15) is 10.1 Å². The Morgan fingerprint density at radius 2 is 2.35 bits per heavy atom. The van der Waals surface area contributed by atoms with Crippen molar-refractivity contribution in [3.63, 3.8) is 0 Å². The third kappa shape index (κ3) is 3.89. The molecule has 1 fully saturated rings. The van der Waals surface area contributed by atoms with Crippen LogP contribution in [0, 0.1) is 10.1 Å². The van der Waals surface area contributed by atoms with Crippen molar-refractivity contribution in [2.24, 2.45) is 0 Å². The Morgan fingerprint density at radius 1 is 1.50 bits per heavy atom. The lowest BCUT2D eigenvalue weighted by Crippen LogP contribution is -2.37. The molecule has 1 saturated heterocycles. The van der Waals surface area contributed by atoms with E-state index in [4.69, 9.17) is 14.2 Å². The van der Waals surface area contributed by atoms with Crippen molar-refractivity contribution >= 4 is 5.69 Å². The Morgan fingerprint density at radius 3 is 3.00 bits per heavy atom. The van der Waals surface area contributed by atoms with Crippen molar-refractivity contribution < 1.29 is 19.1 Å². The average Bonchev–Trinajstić information content (AvgIpc) is 2.48. The van der Waals surface area contributed by atoms with Crippen LogP contribution in [0.4, 0.5) is 5.69 Å². The van der Waals surface area contributed by atoms with Gasteiger partial charge in [0.05, 0.1) is 38.0 Å². The fraction of sp³-hybridized carbons (Fsp3) is 0.538. The van der Waals surface area contributed by atoms with Crippen LogP contribution in [0.2, 0.25) is 0 Å². The molecule has 1 unspecified atom stereocenters. The van der Waals surface area contributed by atoms with Crippen LogP contribution in [0.15, 0.2) is 18.2 Å². The van der Waals surface area contributed by atoms with Crippen LogP contribution in [0.25, 0.3) is 0 Å². The molecule has 1 aromatic rings. The first kappa shape index (κ1) is 14.7. The Hall–Kier alpha value is -1.70. The Labute approximate surface area is 117 Å². The molecular weight excluding hydrogens is 264 g/mol. The summed E-state index contributed by atoms with van der Waals surface area (Å²) < 4.78 is 16.0. The molecule has 1 aromatic carbocycles. The van der Waals surface area contributed by atoms with Crippen molar-refractivity contribution in [3.05, 3.63) is 33.9 Å². The fourth-order valence-electron chi connectivity index (χ4n) is 2.04. The van der Waals surface area contributed by atoms with Gasteiger partial charge in [0, 0.05) is 30.8 Å². The molecule has 0 radical (unpaired) electrons. The zero-order chi connectivity index (χ0) is 14.4. The van der Waals surface area contributed by atoms with Gasteiger partial charge in [0.15, 0.2) is 0 Å². The molecule has 20 heavy (non-hydrogen) atoms. The monoisotopic (exact) mass is 282 g/mol. The van der Waals surface area contributed by atoms with Crippen LogP contribution < -0.4 is 10.1 Å². The second-order valence-corrected chi connectivity index (χ2v) is 4.45. The van der Waals surface area contributed by atoms with Crippen molar-refractivity contribution in [3.8, 4) is 5.75 Å². The number of non-ortho nitro benzene ring substituents is 1. The fourth-order valence-corrected chi connectivity index (χ4v) is 2.04. The van der Waals surface area contributed by atoms with Crippen LogP contribution in [0.1, 0.15) is 5.56 Å². The van der Waals surface area contributed by atoms with Gasteiger partial charge in [-0.3, -0.25) is 10.1 Å². The summed E-state index contributed by atoms with van der Waals surface area (Å²) in [5, 5.41) is 14.0. The van der Waals surface area contributed by atoms with E-state index in [1.807, 2.05) is 0 Å². The Balaban J connectivity index is 1.93. The highest BCUT2D eigenvalue weighted by molar-refractivity contribution is 5.43. The van der Waals surface area contributed by atoms with Crippen molar-refractivity contribution in [2.45, 2.75) is 12.6 Å². The first-order valence-corrected chi connectivity index (χ1v) is 6.42. The predicted octanol–water partition coefficient (Wildman–Crippen LogP) is 1.11. The summed E-state index contributed by atoms with van der Waals surface area (Å²) in [6.45, 7) is 2.91. The zero-order valence-electron chi connectivity index (χ0n) is 11.3. The maximum Gasteiger partial charge on any atom is 0.270 e. The molecule has 0 aromatic heterocycles. The predicted molar refractivity (Wildman–Crippen MR) is 71.9 cm³/mol. The second-order valence-electron chi connectivity index (χ2n) is 4.45. The third-order valence-electron chi connectivity index (χ3n) is 3.05. The summed E-state index contributed by atoms with van der Waals surface area (Å²) in [5.41, 5.74) is 0.804. The van der Waals surface area contributed by atoms with Crippen LogP contribution in [0.3, 0.4) is 0 Å². The highest BCUT2D eigenvalue weighted by atomic mass is 16.6. The van der Waals surface area contributed by atoms with Crippen LogP contribution in [-0.4, -0.2) is 44.5 Å². The molecule has 110 valence electrons. The minimum atomic E-state index is -0.416. The van der Waals surface area contributed by atoms with E-state index in [0.717, 1.165) is 5.56 Å². The number of methoxy groups -OCH3 is 1. The van der Waals surface area contributed by atoms with Crippen LogP contribution in [-0.2, 0) is 16.0 Å². The van der Waals surface area contributed by atoms with Gasteiger partial charge in [-0.05, 0) is 6.07 Å². The zero-order valence-corrected chi connectivity index (χ0v) is 11.3. The first-order chi connectivity index (χ1) is 9.70. The quantitative estimate of drug-likeness (QED) is 0.621. The lowest BCUT2D eigenvalue weighted by Gasteiger charge is -2.23. The summed E-state index contributed by atoms with van der Waals surface area (Å²) >= 11 is 0. The molecule has 0 amide bonds. The molecule has 1 N–H and O–H groups in total. The number of nitrogens with one attached hydrogen (secondary N) is 1. The van der Waals surface area contributed by atoms with Gasteiger partial charge in [-0.2, -0.15) is 0 Å². The van der Waals surface area contributed by atoms with Crippen molar-refractivity contribution in [1.82, 2.24) is 5.32 Å². The lowest BCUT2D eigenvalue weighted by molar-refractivity contribution is -0.384. The highest BCUT2D eigenvalue weighted by Crippen LogP contribution is 2.23. The van der Waals surface area contributed by atoms with Gasteiger partial charge in [-0.1, -0.05) is 0 Å². The lowest BCUT2D eigenvalue weighted by atomic mass is 10.1. The summed E-state index contributed by atoms with van der Waals surface area (Å²) in [6.07, 6.45) is 0.0217. The normalized spacial score (nSPS) is 18.8. The number of benzene rings is 1. The van der Waals surface area contributed by atoms with E-state index >= 15 is 0 Å². The molecule has 7 nitrogen and oxygen atoms in total. The molecule has 0 aliphatic carbocycles. The largest absolute Gasteiger partial charge is 0.496 e. The van der Waals surface area contributed by atoms with E-state index in [2.05, 4.69) is 5.32 Å². The van der Waals surface area contributed by atoms with E-state index in [-0.39, 0.29) is 11.8 Å². The second kappa shape index (κ2) is 7.18. The van der Waals surface area contributed by atoms with Gasteiger partial charge >= 0.3 is 0 Å². The van der Waals surface area contributed by atoms with Crippen molar-refractivity contribution in [2.75, 3.05) is 33.5 Å². The molecule has 0 spiro atoms. The Kier molecular flexibility index (Phi) is 5.28. The highest BCUT2D eigenvalue weighted by Gasteiger charge is 2.15. The van der Waals surface area contributed by atoms with Gasteiger partial charge in [0.2, 0.25) is 0 Å². The molecule has 1 heterocycles. The van der Waals surface area contributed by atoms with Gasteiger partial charge in [0.25, 0.3) is 5.69 Å². The van der Waals surface area contributed by atoms with Gasteiger partial charge in [-0.25, -0.2) is 0 Å². The number of hydrogen-bond acceptors (Lipinski definition) is 6. The van der Waals surface area contributed by atoms with Crippen LogP contribution in [0.5, 0.6) is 5.75 Å². The molecule has 0 saturated carbocycles.